The summed E-state index contributed by atoms with van der Waals surface area (Å²) >= 11 is 0. The fraction of sp³-hybridized carbons (Fsp3) is 0.0625. The van der Waals surface area contributed by atoms with Crippen LogP contribution in [0.25, 0.3) is 32.7 Å². The molecule has 9 nitrogen and oxygen atoms in total. The molecular weight excluding hydrogens is 782 g/mol. The van der Waals surface area contributed by atoms with Gasteiger partial charge in [-0.3, -0.25) is 0 Å². The molecule has 8 aromatic rings. The first kappa shape index (κ1) is 36.5. The molecule has 0 atom stereocenters. The van der Waals surface area contributed by atoms with Gasteiger partial charge in [0.05, 0.1) is 0 Å². The predicted octanol–water partition coefficient (Wildman–Crippen LogP) is 13.1. The first-order valence-electron chi connectivity index (χ1n) is 18.9. The van der Waals surface area contributed by atoms with E-state index in [9.17, 15) is 4.79 Å². The van der Waals surface area contributed by atoms with Crippen molar-refractivity contribution < 1.29 is 41.4 Å². The van der Waals surface area contributed by atoms with E-state index in [-0.39, 0.29) is 17.9 Å². The smallest absolute Gasteiger partial charge is 0.489 e. The van der Waals surface area contributed by atoms with Crippen molar-refractivity contribution in [3.8, 4) is 51.4 Å². The minimum absolute atomic E-state index is 0.00797. The minimum atomic E-state index is -2.04. The summed E-state index contributed by atoms with van der Waals surface area (Å²) in [6.45, 7) is 2.51. The molecule has 0 saturated carbocycles. The van der Waals surface area contributed by atoms with E-state index in [1.165, 1.54) is 5.56 Å². The summed E-state index contributed by atoms with van der Waals surface area (Å²) in [7, 11) is -3.90. The van der Waals surface area contributed by atoms with E-state index in [1.807, 2.05) is 133 Å². The standard InChI is InChI=1S/C48H34O9P2/c1-31-18-20-32(21-19-31)29-50-36-25-22-33(23-26-36)30-51-48(49)39-28-35-11-3-5-13-38(35)46(47(39)57-59-54-42-16-8-9-17-43(42)55-59)45-37-12-4-2-10-34(37)24-27-44(45)56-58-52-40-14-6-7-15-41(40)53-58/h2-28H,29-30H2,1H3. The summed E-state index contributed by atoms with van der Waals surface area (Å²) in [5.74, 6) is 3.10. The number of hydrogen-bond acceptors (Lipinski definition) is 9. The minimum Gasteiger partial charge on any atom is -0.489 e. The first-order chi connectivity index (χ1) is 29.0. The molecule has 2 aliphatic heterocycles. The lowest BCUT2D eigenvalue weighted by Crippen LogP contribution is -2.10. The van der Waals surface area contributed by atoms with E-state index in [0.29, 0.717) is 52.2 Å². The SMILES string of the molecule is Cc1ccc(COc2ccc(COC(=O)c3cc4ccccc4c(-c4c(OP5Oc6ccccc6O5)ccc5ccccc45)c3OP3Oc4ccccc4O3)cc2)cc1. The molecule has 2 heterocycles. The lowest BCUT2D eigenvalue weighted by Gasteiger charge is -2.22. The van der Waals surface area contributed by atoms with Crippen LogP contribution < -0.4 is 31.9 Å². The molecule has 59 heavy (non-hydrogen) atoms. The topological polar surface area (TPSA) is 90.9 Å². The molecule has 0 fully saturated rings. The normalized spacial score (nSPS) is 13.1. The van der Waals surface area contributed by atoms with Gasteiger partial charge in [0.2, 0.25) is 0 Å². The number of esters is 1. The summed E-state index contributed by atoms with van der Waals surface area (Å²) in [6, 6.07) is 52.0. The van der Waals surface area contributed by atoms with Gasteiger partial charge in [-0.15, -0.1) is 0 Å². The Hall–Kier alpha value is -6.79. The van der Waals surface area contributed by atoms with Gasteiger partial charge in [0.25, 0.3) is 0 Å². The highest BCUT2D eigenvalue weighted by Crippen LogP contribution is 2.58. The molecule has 11 heteroatoms. The number of para-hydroxylation sites is 4. The number of carbonyl (C=O) groups is 1. The van der Waals surface area contributed by atoms with Crippen LogP contribution in [-0.4, -0.2) is 5.97 Å². The fourth-order valence-electron chi connectivity index (χ4n) is 6.96. The van der Waals surface area contributed by atoms with Gasteiger partial charge >= 0.3 is 23.2 Å². The van der Waals surface area contributed by atoms with E-state index < -0.39 is 23.2 Å². The van der Waals surface area contributed by atoms with Crippen LogP contribution in [0.5, 0.6) is 40.2 Å². The number of rotatable bonds is 11. The molecular formula is C48H34O9P2. The van der Waals surface area contributed by atoms with Crippen molar-refractivity contribution in [2.45, 2.75) is 20.1 Å². The third-order valence-corrected chi connectivity index (χ3v) is 12.0. The quantitative estimate of drug-likeness (QED) is 0.0934. The fourth-order valence-corrected chi connectivity index (χ4v) is 9.08. The summed E-state index contributed by atoms with van der Waals surface area (Å²) < 4.78 is 50.1. The lowest BCUT2D eigenvalue weighted by atomic mass is 9.90. The van der Waals surface area contributed by atoms with Crippen molar-refractivity contribution in [3.05, 3.63) is 186 Å². The van der Waals surface area contributed by atoms with Gasteiger partial charge in [0, 0.05) is 11.1 Å². The molecule has 0 bridgehead atoms. The van der Waals surface area contributed by atoms with Gasteiger partial charge in [-0.1, -0.05) is 121 Å². The number of benzene rings is 8. The summed E-state index contributed by atoms with van der Waals surface area (Å²) in [5, 5.41) is 3.38. The van der Waals surface area contributed by atoms with E-state index in [4.69, 9.17) is 36.6 Å². The zero-order valence-corrected chi connectivity index (χ0v) is 33.4. The number of aryl methyl sites for hydroxylation is 1. The van der Waals surface area contributed by atoms with Crippen LogP contribution in [-0.2, 0) is 18.0 Å². The molecule has 0 unspecified atom stereocenters. The summed E-state index contributed by atoms with van der Waals surface area (Å²) in [5.41, 5.74) is 4.51. The van der Waals surface area contributed by atoms with Crippen LogP contribution in [0.1, 0.15) is 27.0 Å². The Morgan fingerprint density at radius 2 is 1.05 bits per heavy atom. The number of carbonyl (C=O) groups excluding carboxylic acids is 1. The highest BCUT2D eigenvalue weighted by Gasteiger charge is 2.36. The third kappa shape index (κ3) is 7.54. The van der Waals surface area contributed by atoms with Gasteiger partial charge in [-0.2, -0.15) is 0 Å². The van der Waals surface area contributed by atoms with Crippen molar-refractivity contribution in [1.82, 2.24) is 0 Å². The first-order valence-corrected chi connectivity index (χ1v) is 21.1. The number of fused-ring (bicyclic) bond motifs is 4. The molecule has 0 spiro atoms. The molecule has 10 rings (SSSR count). The summed E-state index contributed by atoms with van der Waals surface area (Å²) in [4.78, 5) is 14.5. The lowest BCUT2D eigenvalue weighted by molar-refractivity contribution is 0.0471. The second-order valence-electron chi connectivity index (χ2n) is 13.9. The van der Waals surface area contributed by atoms with E-state index >= 15 is 0 Å². The Balaban J connectivity index is 1.03. The van der Waals surface area contributed by atoms with Crippen molar-refractivity contribution in [3.63, 3.8) is 0 Å². The van der Waals surface area contributed by atoms with E-state index in [2.05, 4.69) is 31.2 Å². The Morgan fingerprint density at radius 3 is 1.69 bits per heavy atom. The van der Waals surface area contributed by atoms with Gasteiger partial charge in [0.1, 0.15) is 30.3 Å². The number of hydrogen-bond donors (Lipinski definition) is 0. The zero-order chi connectivity index (χ0) is 39.7. The molecule has 0 aliphatic carbocycles. The van der Waals surface area contributed by atoms with Crippen LogP contribution in [0.4, 0.5) is 0 Å². The molecule has 2 aliphatic rings. The van der Waals surface area contributed by atoms with Crippen molar-refractivity contribution >= 4 is 44.7 Å². The Labute approximate surface area is 342 Å². The average Bonchev–Trinajstić information content (AvgIpc) is 3.89. The van der Waals surface area contributed by atoms with E-state index in [0.717, 1.165) is 32.7 Å². The molecule has 0 amide bonds. The summed E-state index contributed by atoms with van der Waals surface area (Å²) in [6.07, 6.45) is 0. The average molecular weight is 817 g/mol. The number of ether oxygens (including phenoxy) is 2. The van der Waals surface area contributed by atoms with Gasteiger partial charge < -0.3 is 36.6 Å². The van der Waals surface area contributed by atoms with Crippen LogP contribution >= 0.6 is 17.2 Å². The molecule has 290 valence electrons. The molecule has 0 N–H and O–H groups in total. The predicted molar refractivity (Wildman–Crippen MR) is 228 cm³/mol. The molecule has 0 aromatic heterocycles. The van der Waals surface area contributed by atoms with Gasteiger partial charge in [-0.25, -0.2) is 4.79 Å². The molecule has 8 aromatic carbocycles. The second-order valence-corrected chi connectivity index (χ2v) is 15.9. The van der Waals surface area contributed by atoms with E-state index in [1.54, 1.807) is 6.07 Å². The maximum Gasteiger partial charge on any atom is 0.530 e. The zero-order valence-electron chi connectivity index (χ0n) is 31.6. The Bertz CT molecular complexity index is 2800. The van der Waals surface area contributed by atoms with Crippen LogP contribution in [0, 0.1) is 6.92 Å². The van der Waals surface area contributed by atoms with Crippen molar-refractivity contribution in [1.29, 1.82) is 0 Å². The maximum absolute atomic E-state index is 14.5. The Morgan fingerprint density at radius 1 is 0.525 bits per heavy atom. The second kappa shape index (κ2) is 15.9. The highest BCUT2D eigenvalue weighted by atomic mass is 31.2. The van der Waals surface area contributed by atoms with Crippen LogP contribution in [0.15, 0.2) is 164 Å². The van der Waals surface area contributed by atoms with Crippen LogP contribution in [0.2, 0.25) is 0 Å². The largest absolute Gasteiger partial charge is 0.530 e. The molecule has 0 radical (unpaired) electrons. The monoisotopic (exact) mass is 816 g/mol. The van der Waals surface area contributed by atoms with Gasteiger partial charge in [0.15, 0.2) is 28.7 Å². The van der Waals surface area contributed by atoms with Crippen molar-refractivity contribution in [2.75, 3.05) is 0 Å². The highest BCUT2D eigenvalue weighted by molar-refractivity contribution is 7.43. The maximum atomic E-state index is 14.5. The third-order valence-electron chi connectivity index (χ3n) is 9.91. The molecule has 0 saturated heterocycles. The van der Waals surface area contributed by atoms with Gasteiger partial charge in [-0.05, 0) is 88.1 Å². The Kier molecular flexibility index (Phi) is 9.83. The van der Waals surface area contributed by atoms with Crippen molar-refractivity contribution in [2.24, 2.45) is 0 Å². The van der Waals surface area contributed by atoms with Crippen LogP contribution in [0.3, 0.4) is 0 Å².